The number of fused-ring (bicyclic) bond motifs is 1. The van der Waals surface area contributed by atoms with E-state index in [1.807, 2.05) is 30.9 Å². The number of carbonyl (C=O) groups excluding carboxylic acids is 1. The summed E-state index contributed by atoms with van der Waals surface area (Å²) in [5.74, 6) is 0.279. The number of carbonyl (C=O) groups is 1. The van der Waals surface area contributed by atoms with Crippen molar-refractivity contribution in [2.24, 2.45) is 5.92 Å². The average Bonchev–Trinajstić information content (AvgIpc) is 3.28. The van der Waals surface area contributed by atoms with Crippen molar-refractivity contribution >= 4 is 26.8 Å². The van der Waals surface area contributed by atoms with Gasteiger partial charge in [-0.3, -0.25) is 15.2 Å². The van der Waals surface area contributed by atoms with E-state index in [0.29, 0.717) is 18.7 Å². The minimum atomic E-state index is -3.16. The largest absolute Gasteiger partial charge is 0.341 e. The van der Waals surface area contributed by atoms with Crippen LogP contribution in [0, 0.1) is 5.92 Å². The van der Waals surface area contributed by atoms with E-state index >= 15 is 0 Å². The summed E-state index contributed by atoms with van der Waals surface area (Å²) in [7, 11) is -3.16. The Morgan fingerprint density at radius 2 is 2.21 bits per heavy atom. The Bertz CT molecular complexity index is 1030. The maximum absolute atomic E-state index is 13.3. The molecule has 0 bridgehead atoms. The van der Waals surface area contributed by atoms with E-state index in [1.54, 1.807) is 12.3 Å². The number of likely N-dealkylation sites (tertiary alicyclic amines) is 1. The smallest absolute Gasteiger partial charge is 0.240 e. The topological polar surface area (TPSA) is 108 Å². The van der Waals surface area contributed by atoms with Gasteiger partial charge in [0.2, 0.25) is 5.91 Å². The van der Waals surface area contributed by atoms with Crippen LogP contribution in [0.4, 0.5) is 0 Å². The number of amides is 1. The quantitative estimate of drug-likeness (QED) is 0.765. The first-order valence-corrected chi connectivity index (χ1v) is 11.8. The minimum Gasteiger partial charge on any atom is -0.341 e. The predicted octanol–water partition coefficient (Wildman–Crippen LogP) is 1.59. The van der Waals surface area contributed by atoms with Crippen LogP contribution in [0.3, 0.4) is 0 Å². The molecule has 1 amide bonds. The summed E-state index contributed by atoms with van der Waals surface area (Å²) in [6.07, 6.45) is 5.26. The molecule has 2 aromatic heterocycles. The van der Waals surface area contributed by atoms with Crippen molar-refractivity contribution in [2.75, 3.05) is 18.8 Å². The molecule has 0 aliphatic carbocycles. The first-order chi connectivity index (χ1) is 13.8. The van der Waals surface area contributed by atoms with E-state index in [0.717, 1.165) is 23.9 Å². The van der Waals surface area contributed by atoms with E-state index in [4.69, 9.17) is 0 Å². The van der Waals surface area contributed by atoms with Gasteiger partial charge in [0.05, 0.1) is 11.8 Å². The lowest BCUT2D eigenvalue weighted by Gasteiger charge is -2.36. The highest BCUT2D eigenvalue weighted by molar-refractivity contribution is 7.94. The summed E-state index contributed by atoms with van der Waals surface area (Å²) in [4.78, 5) is 19.5. The SMILES string of the molecule is CC(C)[C@H](N[C@H]1C=CS(=O)(=O)C1)C(=O)N1CCC[C@H](c2[nH]nc3ncccc23)C1. The van der Waals surface area contributed by atoms with Crippen molar-refractivity contribution in [2.45, 2.75) is 44.7 Å². The predicted molar refractivity (Wildman–Crippen MR) is 111 cm³/mol. The van der Waals surface area contributed by atoms with E-state index in [-0.39, 0.29) is 29.5 Å². The number of aromatic nitrogens is 3. The Kier molecular flexibility index (Phi) is 5.44. The molecule has 4 heterocycles. The number of rotatable bonds is 5. The van der Waals surface area contributed by atoms with Crippen LogP contribution < -0.4 is 5.32 Å². The maximum atomic E-state index is 13.3. The van der Waals surface area contributed by atoms with Gasteiger partial charge in [0.25, 0.3) is 0 Å². The monoisotopic (exact) mass is 417 g/mol. The molecule has 1 fully saturated rings. The fraction of sp³-hybridized carbons (Fsp3) is 0.550. The lowest BCUT2D eigenvalue weighted by Crippen LogP contribution is -2.54. The molecule has 0 unspecified atom stereocenters. The zero-order chi connectivity index (χ0) is 20.6. The van der Waals surface area contributed by atoms with Gasteiger partial charge in [0, 0.05) is 47.7 Å². The third-order valence-electron chi connectivity index (χ3n) is 5.76. The number of nitrogens with one attached hydrogen (secondary N) is 2. The summed E-state index contributed by atoms with van der Waals surface area (Å²) in [6.45, 7) is 5.30. The summed E-state index contributed by atoms with van der Waals surface area (Å²) < 4.78 is 23.4. The number of hydrogen-bond donors (Lipinski definition) is 2. The second-order valence-corrected chi connectivity index (χ2v) is 10.2. The van der Waals surface area contributed by atoms with Gasteiger partial charge in [-0.25, -0.2) is 13.4 Å². The first-order valence-electron chi connectivity index (χ1n) is 10.1. The van der Waals surface area contributed by atoms with Crippen LogP contribution in [0.5, 0.6) is 0 Å². The fourth-order valence-electron chi connectivity index (χ4n) is 4.25. The van der Waals surface area contributed by atoms with Crippen molar-refractivity contribution in [3.63, 3.8) is 0 Å². The van der Waals surface area contributed by atoms with E-state index in [2.05, 4.69) is 20.5 Å². The Labute approximate surface area is 170 Å². The number of nitrogens with zero attached hydrogens (tertiary/aromatic N) is 3. The van der Waals surface area contributed by atoms with Gasteiger partial charge in [-0.15, -0.1) is 0 Å². The number of piperidine rings is 1. The van der Waals surface area contributed by atoms with Crippen LogP contribution in [-0.2, 0) is 14.6 Å². The fourth-order valence-corrected chi connectivity index (χ4v) is 5.50. The molecule has 2 aromatic rings. The molecule has 29 heavy (non-hydrogen) atoms. The summed E-state index contributed by atoms with van der Waals surface area (Å²) in [6, 6.07) is 3.17. The zero-order valence-electron chi connectivity index (χ0n) is 16.7. The van der Waals surface area contributed by atoms with Crippen molar-refractivity contribution in [1.29, 1.82) is 0 Å². The number of hydrogen-bond acceptors (Lipinski definition) is 6. The molecule has 9 heteroatoms. The molecule has 4 rings (SSSR count). The van der Waals surface area contributed by atoms with Crippen LogP contribution in [0.15, 0.2) is 29.8 Å². The molecule has 8 nitrogen and oxygen atoms in total. The second-order valence-electron chi connectivity index (χ2n) is 8.29. The molecule has 2 aliphatic heterocycles. The average molecular weight is 418 g/mol. The van der Waals surface area contributed by atoms with Crippen LogP contribution >= 0.6 is 0 Å². The summed E-state index contributed by atoms with van der Waals surface area (Å²) >= 11 is 0. The highest BCUT2D eigenvalue weighted by atomic mass is 32.2. The minimum absolute atomic E-state index is 0.0132. The molecule has 2 aliphatic rings. The van der Waals surface area contributed by atoms with Crippen molar-refractivity contribution < 1.29 is 13.2 Å². The highest BCUT2D eigenvalue weighted by Crippen LogP contribution is 2.30. The van der Waals surface area contributed by atoms with Gasteiger partial charge < -0.3 is 4.90 Å². The number of aromatic amines is 1. The lowest BCUT2D eigenvalue weighted by molar-refractivity contribution is -0.136. The third-order valence-corrected chi connectivity index (χ3v) is 7.15. The summed E-state index contributed by atoms with van der Waals surface area (Å²) in [5.41, 5.74) is 1.73. The van der Waals surface area contributed by atoms with Crippen LogP contribution in [-0.4, -0.2) is 65.3 Å². The van der Waals surface area contributed by atoms with Gasteiger partial charge >= 0.3 is 0 Å². The molecule has 0 spiro atoms. The Balaban J connectivity index is 1.49. The zero-order valence-corrected chi connectivity index (χ0v) is 17.5. The summed E-state index contributed by atoms with van der Waals surface area (Å²) in [5, 5.41) is 12.9. The Morgan fingerprint density at radius 1 is 1.38 bits per heavy atom. The van der Waals surface area contributed by atoms with Gasteiger partial charge in [0.15, 0.2) is 15.5 Å². The van der Waals surface area contributed by atoms with Gasteiger partial charge in [0.1, 0.15) is 0 Å². The maximum Gasteiger partial charge on any atom is 0.240 e. The lowest BCUT2D eigenvalue weighted by atomic mass is 9.92. The highest BCUT2D eigenvalue weighted by Gasteiger charge is 2.34. The Morgan fingerprint density at radius 3 is 2.93 bits per heavy atom. The van der Waals surface area contributed by atoms with Crippen LogP contribution in [0.25, 0.3) is 11.0 Å². The molecule has 0 aromatic carbocycles. The van der Waals surface area contributed by atoms with E-state index in [9.17, 15) is 13.2 Å². The molecular formula is C20H27N5O3S. The standard InChI is InChI=1S/C20H27N5O3S/c1-13(2)17(22-15-7-10-29(27,28)12-15)20(26)25-9-4-5-14(11-25)18-16-6-3-8-21-19(16)24-23-18/h3,6-8,10,13-15,17,22H,4-5,9,11-12H2,1-2H3,(H,21,23,24)/t14-,15-,17-/m0/s1. The number of sulfone groups is 1. The third kappa shape index (κ3) is 4.20. The van der Waals surface area contributed by atoms with Crippen LogP contribution in [0.1, 0.15) is 38.3 Å². The van der Waals surface area contributed by atoms with Crippen molar-refractivity contribution in [3.8, 4) is 0 Å². The molecule has 0 saturated carbocycles. The molecule has 3 atom stereocenters. The Hall–Kier alpha value is -2.26. The second kappa shape index (κ2) is 7.87. The van der Waals surface area contributed by atoms with Crippen molar-refractivity contribution in [1.82, 2.24) is 25.4 Å². The molecule has 0 radical (unpaired) electrons. The molecule has 156 valence electrons. The molecule has 1 saturated heterocycles. The molecule has 2 N–H and O–H groups in total. The first kappa shape index (κ1) is 20.0. The van der Waals surface area contributed by atoms with E-state index in [1.165, 1.54) is 5.41 Å². The van der Waals surface area contributed by atoms with E-state index < -0.39 is 15.9 Å². The normalized spacial score (nSPS) is 25.0. The number of pyridine rings is 1. The van der Waals surface area contributed by atoms with Gasteiger partial charge in [-0.05, 0) is 30.9 Å². The number of H-pyrrole nitrogens is 1. The van der Waals surface area contributed by atoms with Gasteiger partial charge in [-0.1, -0.05) is 19.9 Å². The van der Waals surface area contributed by atoms with Crippen molar-refractivity contribution in [3.05, 3.63) is 35.5 Å². The van der Waals surface area contributed by atoms with Gasteiger partial charge in [-0.2, -0.15) is 5.10 Å². The van der Waals surface area contributed by atoms with Crippen LogP contribution in [0.2, 0.25) is 0 Å². The molecular weight excluding hydrogens is 390 g/mol.